The van der Waals surface area contributed by atoms with Crippen LogP contribution in [0.25, 0.3) is 0 Å². The van der Waals surface area contributed by atoms with Gasteiger partial charge in [-0.3, -0.25) is 4.79 Å². The molecule has 23 heavy (non-hydrogen) atoms. The van der Waals surface area contributed by atoms with Gasteiger partial charge in [0.25, 0.3) is 5.91 Å². The maximum Gasteiger partial charge on any atom is 0.338 e. The van der Waals surface area contributed by atoms with Crippen LogP contribution in [0.5, 0.6) is 0 Å². The third kappa shape index (κ3) is 4.16. The second-order valence-corrected chi connectivity index (χ2v) is 6.28. The van der Waals surface area contributed by atoms with Gasteiger partial charge < -0.3 is 15.4 Å². The predicted octanol–water partition coefficient (Wildman–Crippen LogP) is 3.26. The van der Waals surface area contributed by atoms with Crippen molar-refractivity contribution in [2.75, 3.05) is 12.3 Å². The van der Waals surface area contributed by atoms with Crippen molar-refractivity contribution in [2.45, 2.75) is 51.7 Å². The van der Waals surface area contributed by atoms with E-state index in [0.29, 0.717) is 10.7 Å². The summed E-state index contributed by atoms with van der Waals surface area (Å²) in [7, 11) is 0. The van der Waals surface area contributed by atoms with Crippen LogP contribution < -0.4 is 5.73 Å². The first-order valence-electron chi connectivity index (χ1n) is 8.00. The summed E-state index contributed by atoms with van der Waals surface area (Å²) < 4.78 is 5.31. The Morgan fingerprint density at radius 1 is 1.43 bits per heavy atom. The normalized spacial score (nSPS) is 19.3. The Balaban J connectivity index is 2.02. The molecule has 1 aromatic carbocycles. The maximum absolute atomic E-state index is 12.6. The molecule has 6 heteroatoms. The molecule has 0 aliphatic carbocycles. The highest BCUT2D eigenvalue weighted by Crippen LogP contribution is 2.22. The molecule has 1 aliphatic heterocycles. The molecule has 1 saturated heterocycles. The lowest BCUT2D eigenvalue weighted by Gasteiger charge is -2.36. The molecular weight excluding hydrogens is 316 g/mol. The van der Waals surface area contributed by atoms with Crippen LogP contribution in [0.15, 0.2) is 18.2 Å². The van der Waals surface area contributed by atoms with Crippen LogP contribution in [-0.4, -0.2) is 35.5 Å². The van der Waals surface area contributed by atoms with E-state index in [2.05, 4.69) is 6.92 Å². The van der Waals surface area contributed by atoms with Gasteiger partial charge in [-0.25, -0.2) is 4.79 Å². The lowest BCUT2D eigenvalue weighted by molar-refractivity contribution is -0.143. The van der Waals surface area contributed by atoms with Crippen LogP contribution in [0.2, 0.25) is 5.02 Å². The van der Waals surface area contributed by atoms with E-state index in [1.165, 1.54) is 18.2 Å². The number of anilines is 1. The van der Waals surface area contributed by atoms with E-state index >= 15 is 0 Å². The summed E-state index contributed by atoms with van der Waals surface area (Å²) in [5, 5.41) is 0.379. The zero-order chi connectivity index (χ0) is 17.0. The summed E-state index contributed by atoms with van der Waals surface area (Å²) in [6, 6.07) is 4.77. The Labute approximate surface area is 141 Å². The van der Waals surface area contributed by atoms with Gasteiger partial charge in [0.1, 0.15) is 0 Å². The van der Waals surface area contributed by atoms with E-state index in [0.717, 1.165) is 32.2 Å². The molecule has 1 fully saturated rings. The summed E-state index contributed by atoms with van der Waals surface area (Å²) in [6.45, 7) is 4.41. The smallest absolute Gasteiger partial charge is 0.338 e. The highest BCUT2D eigenvalue weighted by Gasteiger charge is 2.30. The number of hydrogen-bond acceptors (Lipinski definition) is 4. The standard InChI is InChI=1S/C17H23ClN2O3/c1-3-13-6-4-5-9-20(13)16(21)11(2)23-17(22)12-7-8-14(18)15(19)10-12/h7-8,10-11,13H,3-6,9,19H2,1-2H3/t11-,13-/m1/s1. The average Bonchev–Trinajstić information content (AvgIpc) is 2.56. The molecule has 2 N–H and O–H groups in total. The molecule has 126 valence electrons. The quantitative estimate of drug-likeness (QED) is 0.675. The number of halogens is 1. The van der Waals surface area contributed by atoms with Gasteiger partial charge in [0.15, 0.2) is 6.10 Å². The highest BCUT2D eigenvalue weighted by molar-refractivity contribution is 6.33. The summed E-state index contributed by atoms with van der Waals surface area (Å²) in [5.41, 5.74) is 6.28. The van der Waals surface area contributed by atoms with Crippen LogP contribution in [0, 0.1) is 0 Å². The van der Waals surface area contributed by atoms with Crippen LogP contribution in [0.1, 0.15) is 49.9 Å². The van der Waals surface area contributed by atoms with Gasteiger partial charge in [-0.05, 0) is 50.8 Å². The Morgan fingerprint density at radius 2 is 2.17 bits per heavy atom. The number of nitrogen functional groups attached to an aromatic ring is 1. The number of ether oxygens (including phenoxy) is 1. The molecule has 1 heterocycles. The molecule has 0 bridgehead atoms. The number of benzene rings is 1. The number of carbonyl (C=O) groups excluding carboxylic acids is 2. The fourth-order valence-corrected chi connectivity index (χ4v) is 3.02. The monoisotopic (exact) mass is 338 g/mol. The Morgan fingerprint density at radius 3 is 2.83 bits per heavy atom. The van der Waals surface area contributed by atoms with Gasteiger partial charge in [-0.15, -0.1) is 0 Å². The second-order valence-electron chi connectivity index (χ2n) is 5.87. The zero-order valence-corrected chi connectivity index (χ0v) is 14.3. The van der Waals surface area contributed by atoms with Gasteiger partial charge >= 0.3 is 5.97 Å². The van der Waals surface area contributed by atoms with Gasteiger partial charge in [0.05, 0.1) is 16.3 Å². The third-order valence-electron chi connectivity index (χ3n) is 4.24. The molecule has 0 unspecified atom stereocenters. The number of piperidine rings is 1. The van der Waals surface area contributed by atoms with E-state index in [4.69, 9.17) is 22.1 Å². The predicted molar refractivity (Wildman–Crippen MR) is 90.4 cm³/mol. The minimum absolute atomic E-state index is 0.133. The number of esters is 1. The summed E-state index contributed by atoms with van der Waals surface area (Å²) in [5.74, 6) is -0.703. The first kappa shape index (κ1) is 17.6. The Kier molecular flexibility index (Phi) is 5.88. The SMILES string of the molecule is CC[C@@H]1CCCCN1C(=O)[C@@H](C)OC(=O)c1ccc(Cl)c(N)c1. The second kappa shape index (κ2) is 7.68. The minimum atomic E-state index is -0.813. The fraction of sp³-hybridized carbons (Fsp3) is 0.529. The van der Waals surface area contributed by atoms with Crippen molar-refractivity contribution in [3.05, 3.63) is 28.8 Å². The molecular formula is C17H23ClN2O3. The average molecular weight is 339 g/mol. The number of nitrogens with two attached hydrogens (primary N) is 1. The molecule has 0 saturated carbocycles. The van der Waals surface area contributed by atoms with Crippen LogP contribution in [0.3, 0.4) is 0 Å². The van der Waals surface area contributed by atoms with Crippen molar-refractivity contribution >= 4 is 29.2 Å². The Hall–Kier alpha value is -1.75. The number of amides is 1. The summed E-state index contributed by atoms with van der Waals surface area (Å²) in [6.07, 6.45) is 3.25. The van der Waals surface area contributed by atoms with Crippen molar-refractivity contribution in [3.63, 3.8) is 0 Å². The molecule has 0 spiro atoms. The highest BCUT2D eigenvalue weighted by atomic mass is 35.5. The molecule has 1 amide bonds. The molecule has 1 aliphatic rings. The van der Waals surface area contributed by atoms with Crippen LogP contribution >= 0.6 is 11.6 Å². The minimum Gasteiger partial charge on any atom is -0.449 e. The van der Waals surface area contributed by atoms with Gasteiger partial charge in [-0.2, -0.15) is 0 Å². The topological polar surface area (TPSA) is 72.6 Å². The van der Waals surface area contributed by atoms with Crippen molar-refractivity contribution in [3.8, 4) is 0 Å². The van der Waals surface area contributed by atoms with E-state index in [-0.39, 0.29) is 17.5 Å². The Bertz CT molecular complexity index is 591. The number of hydrogen-bond donors (Lipinski definition) is 1. The summed E-state index contributed by atoms with van der Waals surface area (Å²) in [4.78, 5) is 26.6. The van der Waals surface area contributed by atoms with E-state index < -0.39 is 12.1 Å². The van der Waals surface area contributed by atoms with Crippen LogP contribution in [-0.2, 0) is 9.53 Å². The van der Waals surface area contributed by atoms with Crippen molar-refractivity contribution in [1.29, 1.82) is 0 Å². The largest absolute Gasteiger partial charge is 0.449 e. The molecule has 0 radical (unpaired) electrons. The zero-order valence-electron chi connectivity index (χ0n) is 13.5. The number of likely N-dealkylation sites (tertiary alicyclic amines) is 1. The first-order valence-corrected chi connectivity index (χ1v) is 8.38. The number of rotatable bonds is 4. The molecule has 0 aromatic heterocycles. The van der Waals surface area contributed by atoms with E-state index in [1.54, 1.807) is 6.92 Å². The fourth-order valence-electron chi connectivity index (χ4n) is 2.90. The molecule has 2 rings (SSSR count). The maximum atomic E-state index is 12.6. The lowest BCUT2D eigenvalue weighted by Crippen LogP contribution is -2.48. The molecule has 5 nitrogen and oxygen atoms in total. The van der Waals surface area contributed by atoms with E-state index in [9.17, 15) is 9.59 Å². The van der Waals surface area contributed by atoms with E-state index in [1.807, 2.05) is 4.90 Å². The molecule has 2 atom stereocenters. The first-order chi connectivity index (χ1) is 10.9. The number of nitrogens with zero attached hydrogens (tertiary/aromatic N) is 1. The van der Waals surface area contributed by atoms with Gasteiger partial charge in [0.2, 0.25) is 0 Å². The van der Waals surface area contributed by atoms with Crippen molar-refractivity contribution in [2.24, 2.45) is 0 Å². The van der Waals surface area contributed by atoms with Crippen molar-refractivity contribution < 1.29 is 14.3 Å². The third-order valence-corrected chi connectivity index (χ3v) is 4.59. The van der Waals surface area contributed by atoms with Gasteiger partial charge in [-0.1, -0.05) is 18.5 Å². The number of carbonyl (C=O) groups is 2. The lowest BCUT2D eigenvalue weighted by atomic mass is 9.99. The van der Waals surface area contributed by atoms with Crippen LogP contribution in [0.4, 0.5) is 5.69 Å². The van der Waals surface area contributed by atoms with Crippen molar-refractivity contribution in [1.82, 2.24) is 4.90 Å². The summed E-state index contributed by atoms with van der Waals surface area (Å²) >= 11 is 5.84. The molecule has 1 aromatic rings. The van der Waals surface area contributed by atoms with Gasteiger partial charge in [0, 0.05) is 12.6 Å².